The Labute approximate surface area is 198 Å². The molecule has 0 aliphatic carbocycles. The standard InChI is InChI=1S/C23H20F3N7O2/c24-23(25,26)16-5-6-30-19(11-16)31-22(34)15-3-1-14(2-4-15)21-32-20(18-13-29-8-10-35-18)17-12-28-7-9-33(17,21)27/h1-7,9,11-12,18,29H,8,10,13,27H2/p+1. The molecule has 3 aliphatic heterocycles. The molecule has 1 aromatic carbocycles. The molecule has 4 heterocycles. The zero-order chi connectivity index (χ0) is 24.6. The van der Waals surface area contributed by atoms with Crippen molar-refractivity contribution in [3.8, 4) is 0 Å². The highest BCUT2D eigenvalue weighted by Gasteiger charge is 2.46. The Morgan fingerprint density at radius 3 is 2.74 bits per heavy atom. The van der Waals surface area contributed by atoms with Crippen LogP contribution in [0.25, 0.3) is 0 Å². The van der Waals surface area contributed by atoms with E-state index in [4.69, 9.17) is 15.6 Å². The zero-order valence-corrected chi connectivity index (χ0v) is 18.3. The van der Waals surface area contributed by atoms with Gasteiger partial charge in [-0.05, 0) is 36.4 Å². The maximum atomic E-state index is 12.9. The quantitative estimate of drug-likeness (QED) is 0.456. The summed E-state index contributed by atoms with van der Waals surface area (Å²) in [5, 5.41) is 5.67. The Balaban J connectivity index is 1.38. The van der Waals surface area contributed by atoms with E-state index < -0.39 is 17.6 Å². The summed E-state index contributed by atoms with van der Waals surface area (Å²) in [6, 6.07) is 8.07. The number of nitrogens with zero attached hydrogens (tertiary/aromatic N) is 4. The number of benzene rings is 1. The van der Waals surface area contributed by atoms with Crippen LogP contribution in [-0.4, -0.2) is 53.3 Å². The van der Waals surface area contributed by atoms with Crippen molar-refractivity contribution in [3.63, 3.8) is 0 Å². The molecular weight excluding hydrogens is 463 g/mol. The second-order valence-electron chi connectivity index (χ2n) is 8.08. The number of hydrogen-bond acceptors (Lipinski definition) is 7. The first kappa shape index (κ1) is 23.1. The molecule has 2 unspecified atom stereocenters. The number of amides is 1. The number of halogens is 3. The first-order chi connectivity index (χ1) is 16.8. The van der Waals surface area contributed by atoms with Crippen molar-refractivity contribution in [3.05, 3.63) is 83.1 Å². The van der Waals surface area contributed by atoms with Crippen molar-refractivity contribution in [2.24, 2.45) is 15.8 Å². The van der Waals surface area contributed by atoms with Gasteiger partial charge in [-0.25, -0.2) is 4.98 Å². The van der Waals surface area contributed by atoms with Crippen LogP contribution in [0.5, 0.6) is 0 Å². The van der Waals surface area contributed by atoms with Gasteiger partial charge in [0, 0.05) is 24.8 Å². The Bertz CT molecular complexity index is 1280. The number of aromatic nitrogens is 1. The fourth-order valence-electron chi connectivity index (χ4n) is 4.02. The van der Waals surface area contributed by atoms with Gasteiger partial charge in [0.15, 0.2) is 0 Å². The molecule has 1 fully saturated rings. The second-order valence-corrected chi connectivity index (χ2v) is 8.08. The van der Waals surface area contributed by atoms with Gasteiger partial charge < -0.3 is 15.4 Å². The molecule has 1 aromatic heterocycles. The van der Waals surface area contributed by atoms with E-state index in [1.54, 1.807) is 42.9 Å². The van der Waals surface area contributed by atoms with Gasteiger partial charge in [-0.15, -0.1) is 4.59 Å². The number of allylic oxidation sites excluding steroid dienone is 1. The third-order valence-electron chi connectivity index (χ3n) is 5.79. The molecule has 2 aromatic rings. The highest BCUT2D eigenvalue weighted by atomic mass is 19.4. The maximum Gasteiger partial charge on any atom is 0.416 e. The summed E-state index contributed by atoms with van der Waals surface area (Å²) in [5.74, 6) is 6.43. The largest absolute Gasteiger partial charge is 0.416 e. The lowest BCUT2D eigenvalue weighted by Crippen LogP contribution is -2.53. The van der Waals surface area contributed by atoms with Crippen LogP contribution in [0.15, 0.2) is 76.4 Å². The van der Waals surface area contributed by atoms with Crippen molar-refractivity contribution in [2.45, 2.75) is 12.3 Å². The van der Waals surface area contributed by atoms with Crippen molar-refractivity contribution in [2.75, 3.05) is 25.0 Å². The molecule has 0 bridgehead atoms. The smallest absolute Gasteiger partial charge is 0.369 e. The number of anilines is 1. The molecule has 12 heteroatoms. The molecule has 5 rings (SSSR count). The number of rotatable bonds is 4. The molecule has 9 nitrogen and oxygen atoms in total. The molecule has 1 amide bonds. The molecule has 0 spiro atoms. The monoisotopic (exact) mass is 484 g/mol. The van der Waals surface area contributed by atoms with Crippen molar-refractivity contribution >= 4 is 23.8 Å². The average Bonchev–Trinajstić information content (AvgIpc) is 3.17. The molecular formula is C23H21F3N7O2+. The summed E-state index contributed by atoms with van der Waals surface area (Å²) >= 11 is 0. The summed E-state index contributed by atoms with van der Waals surface area (Å²) < 4.78 is 44.4. The number of ether oxygens (including phenoxy) is 1. The van der Waals surface area contributed by atoms with Crippen LogP contribution >= 0.6 is 0 Å². The van der Waals surface area contributed by atoms with Crippen LogP contribution in [0.4, 0.5) is 19.0 Å². The molecule has 180 valence electrons. The summed E-state index contributed by atoms with van der Waals surface area (Å²) in [6.45, 7) is 1.90. The Kier molecular flexibility index (Phi) is 5.81. The fraction of sp³-hybridized carbons (Fsp3) is 0.217. The Morgan fingerprint density at radius 1 is 1.23 bits per heavy atom. The number of hydrogen-bond donors (Lipinski definition) is 3. The SMILES string of the molecule is N[N+]12C=CN=CC1=C(C1CNCCO1)N=C2c1ccc(C(=O)Nc2cc(C(F)(F)F)ccn2)cc1. The van der Waals surface area contributed by atoms with E-state index in [1.807, 2.05) is 0 Å². The molecule has 1 saturated heterocycles. The zero-order valence-electron chi connectivity index (χ0n) is 18.3. The summed E-state index contributed by atoms with van der Waals surface area (Å²) in [5.41, 5.74) is 1.37. The van der Waals surface area contributed by atoms with E-state index in [2.05, 4.69) is 20.6 Å². The van der Waals surface area contributed by atoms with Crippen molar-refractivity contribution < 1.29 is 27.3 Å². The number of aliphatic imine (C=N–C) groups is 2. The molecule has 3 aliphatic rings. The van der Waals surface area contributed by atoms with Crippen LogP contribution in [-0.2, 0) is 10.9 Å². The Morgan fingerprint density at radius 2 is 2.03 bits per heavy atom. The van der Waals surface area contributed by atoms with Gasteiger partial charge in [0.2, 0.25) is 5.70 Å². The molecule has 4 N–H and O–H groups in total. The summed E-state index contributed by atoms with van der Waals surface area (Å²) in [6.07, 6.45) is 1.13. The predicted octanol–water partition coefficient (Wildman–Crippen LogP) is 2.56. The number of amidine groups is 1. The normalized spacial score (nSPS) is 23.8. The number of alkyl halides is 3. The highest BCUT2D eigenvalue weighted by Crippen LogP contribution is 2.34. The average molecular weight is 484 g/mol. The van der Waals surface area contributed by atoms with Gasteiger partial charge in [-0.3, -0.25) is 9.79 Å². The van der Waals surface area contributed by atoms with Gasteiger partial charge in [0.05, 0.1) is 30.1 Å². The number of carbonyl (C=O) groups excluding carboxylic acids is 1. The minimum Gasteiger partial charge on any atom is -0.369 e. The minimum atomic E-state index is -4.54. The van der Waals surface area contributed by atoms with Crippen LogP contribution < -0.4 is 16.5 Å². The summed E-state index contributed by atoms with van der Waals surface area (Å²) in [7, 11) is 0. The van der Waals surface area contributed by atoms with Crippen LogP contribution in [0.3, 0.4) is 0 Å². The molecule has 2 atom stereocenters. The van der Waals surface area contributed by atoms with E-state index >= 15 is 0 Å². The molecule has 35 heavy (non-hydrogen) atoms. The first-order valence-electron chi connectivity index (χ1n) is 10.8. The first-order valence-corrected chi connectivity index (χ1v) is 10.8. The van der Waals surface area contributed by atoms with Gasteiger partial charge in [0.1, 0.15) is 23.8 Å². The predicted molar refractivity (Wildman–Crippen MR) is 122 cm³/mol. The molecule has 0 radical (unpaired) electrons. The van der Waals surface area contributed by atoms with E-state index in [0.717, 1.165) is 24.9 Å². The topological polar surface area (TPSA) is 114 Å². The van der Waals surface area contributed by atoms with E-state index in [1.165, 1.54) is 0 Å². The fourth-order valence-corrected chi connectivity index (χ4v) is 4.02. The lowest BCUT2D eigenvalue weighted by atomic mass is 10.1. The number of pyridine rings is 1. The molecule has 0 saturated carbocycles. The number of carbonyl (C=O) groups is 1. The van der Waals surface area contributed by atoms with Crippen LogP contribution in [0.1, 0.15) is 21.5 Å². The van der Waals surface area contributed by atoms with Gasteiger partial charge >= 0.3 is 6.18 Å². The van der Waals surface area contributed by atoms with E-state index in [-0.39, 0.29) is 22.1 Å². The maximum absolute atomic E-state index is 12.9. The van der Waals surface area contributed by atoms with Gasteiger partial charge in [0.25, 0.3) is 11.7 Å². The van der Waals surface area contributed by atoms with Gasteiger partial charge in [-0.2, -0.15) is 24.0 Å². The van der Waals surface area contributed by atoms with Crippen molar-refractivity contribution in [1.29, 1.82) is 0 Å². The number of quaternary nitrogens is 1. The van der Waals surface area contributed by atoms with Crippen LogP contribution in [0, 0.1) is 0 Å². The number of nitrogens with two attached hydrogens (primary N) is 1. The lowest BCUT2D eigenvalue weighted by molar-refractivity contribution is -0.750. The number of fused-ring (bicyclic) bond motifs is 1. The van der Waals surface area contributed by atoms with Crippen molar-refractivity contribution in [1.82, 2.24) is 10.3 Å². The second kappa shape index (κ2) is 8.82. The Hall–Kier alpha value is -3.71. The number of nitrogens with one attached hydrogen (secondary N) is 2. The highest BCUT2D eigenvalue weighted by molar-refractivity contribution is 6.05. The lowest BCUT2D eigenvalue weighted by Gasteiger charge is -2.27. The van der Waals surface area contributed by atoms with E-state index in [9.17, 15) is 18.0 Å². The van der Waals surface area contributed by atoms with Crippen LogP contribution in [0.2, 0.25) is 0 Å². The van der Waals surface area contributed by atoms with Gasteiger partial charge in [-0.1, -0.05) is 0 Å². The third kappa shape index (κ3) is 4.39. The number of morpholine rings is 1. The third-order valence-corrected chi connectivity index (χ3v) is 5.79. The van der Waals surface area contributed by atoms with E-state index in [0.29, 0.717) is 35.9 Å². The summed E-state index contributed by atoms with van der Waals surface area (Å²) in [4.78, 5) is 25.4. The minimum absolute atomic E-state index is 0.196.